The van der Waals surface area contributed by atoms with Crippen LogP contribution in [0.2, 0.25) is 0 Å². The van der Waals surface area contributed by atoms with Crippen molar-refractivity contribution < 1.29 is 19.1 Å². The van der Waals surface area contributed by atoms with E-state index in [1.165, 1.54) is 20.0 Å². The maximum atomic E-state index is 11.8. The third kappa shape index (κ3) is 2.94. The van der Waals surface area contributed by atoms with Crippen molar-refractivity contribution in [3.05, 3.63) is 0 Å². The van der Waals surface area contributed by atoms with Gasteiger partial charge in [-0.15, -0.1) is 0 Å². The summed E-state index contributed by atoms with van der Waals surface area (Å²) in [4.78, 5) is 35.8. The predicted molar refractivity (Wildman–Crippen MR) is 71.6 cm³/mol. The van der Waals surface area contributed by atoms with Crippen LogP contribution >= 0.6 is 11.8 Å². The topological polar surface area (TPSA) is 63.7 Å². The molecule has 6 heteroatoms. The number of amides is 2. The Morgan fingerprint density at radius 2 is 1.95 bits per heavy atom. The number of carbonyl (C=O) groups excluding carboxylic acids is 3. The number of nitrogens with zero attached hydrogens (tertiary/aromatic N) is 1. The van der Waals surface area contributed by atoms with E-state index in [2.05, 4.69) is 6.92 Å². The van der Waals surface area contributed by atoms with Crippen molar-refractivity contribution in [2.45, 2.75) is 49.8 Å². The van der Waals surface area contributed by atoms with E-state index in [-0.39, 0.29) is 23.0 Å². The third-order valence-corrected chi connectivity index (χ3v) is 5.46. The molecule has 1 heterocycles. The number of hydrogen-bond acceptors (Lipinski definition) is 5. The molecule has 1 saturated heterocycles. The summed E-state index contributed by atoms with van der Waals surface area (Å²) in [5.41, 5.74) is 0. The lowest BCUT2D eigenvalue weighted by atomic mass is 10.1. The third-order valence-electron chi connectivity index (χ3n) is 3.88. The molecule has 1 aliphatic heterocycles. The molecule has 0 radical (unpaired) electrons. The maximum absolute atomic E-state index is 11.8. The van der Waals surface area contributed by atoms with Crippen LogP contribution < -0.4 is 0 Å². The van der Waals surface area contributed by atoms with E-state index in [9.17, 15) is 14.4 Å². The van der Waals surface area contributed by atoms with E-state index < -0.39 is 12.0 Å². The fraction of sp³-hybridized carbons (Fsp3) is 0.769. The van der Waals surface area contributed by atoms with Crippen LogP contribution in [0, 0.1) is 0 Å². The van der Waals surface area contributed by atoms with Gasteiger partial charge in [0.15, 0.2) is 0 Å². The van der Waals surface area contributed by atoms with Crippen LogP contribution in [0.1, 0.15) is 39.0 Å². The highest BCUT2D eigenvalue weighted by Crippen LogP contribution is 2.41. The van der Waals surface area contributed by atoms with E-state index in [1.807, 2.05) is 0 Å². The number of rotatable bonds is 5. The van der Waals surface area contributed by atoms with Crippen LogP contribution in [0.25, 0.3) is 0 Å². The van der Waals surface area contributed by atoms with Gasteiger partial charge in [-0.1, -0.05) is 19.8 Å². The average Bonchev–Trinajstić information content (AvgIpc) is 2.80. The first-order chi connectivity index (χ1) is 8.97. The Hall–Kier alpha value is -1.04. The minimum atomic E-state index is -0.763. The summed E-state index contributed by atoms with van der Waals surface area (Å²) in [6.45, 7) is 2.18. The summed E-state index contributed by atoms with van der Waals surface area (Å²) < 4.78 is 4.87. The van der Waals surface area contributed by atoms with Crippen molar-refractivity contribution in [3.63, 3.8) is 0 Å². The van der Waals surface area contributed by atoms with Gasteiger partial charge in [0.2, 0.25) is 11.8 Å². The van der Waals surface area contributed by atoms with Crippen molar-refractivity contribution in [1.29, 1.82) is 0 Å². The van der Waals surface area contributed by atoms with Crippen LogP contribution in [0.5, 0.6) is 0 Å². The molecule has 1 atom stereocenters. The van der Waals surface area contributed by atoms with Crippen LogP contribution in [0.3, 0.4) is 0 Å². The van der Waals surface area contributed by atoms with Crippen molar-refractivity contribution in [2.24, 2.45) is 0 Å². The molecule has 1 aliphatic carbocycles. The molecule has 19 heavy (non-hydrogen) atoms. The van der Waals surface area contributed by atoms with Gasteiger partial charge in [0, 0.05) is 10.5 Å². The van der Waals surface area contributed by atoms with Gasteiger partial charge in [0.1, 0.15) is 12.5 Å². The van der Waals surface area contributed by atoms with Crippen molar-refractivity contribution >= 4 is 29.5 Å². The second kappa shape index (κ2) is 5.53. The Balaban J connectivity index is 2.00. The smallest absolute Gasteiger partial charge is 0.329 e. The van der Waals surface area contributed by atoms with E-state index in [0.717, 1.165) is 17.7 Å². The van der Waals surface area contributed by atoms with Gasteiger partial charge >= 0.3 is 5.97 Å². The van der Waals surface area contributed by atoms with Crippen LogP contribution in [0.15, 0.2) is 0 Å². The number of β-lactam (4-membered cyclic amide) rings is 2. The highest BCUT2D eigenvalue weighted by molar-refractivity contribution is 8.00. The van der Waals surface area contributed by atoms with Crippen molar-refractivity contribution in [3.8, 4) is 0 Å². The second-order valence-electron chi connectivity index (χ2n) is 5.34. The Bertz CT molecular complexity index is 389. The molecule has 2 amide bonds. The predicted octanol–water partition coefficient (Wildman–Crippen LogP) is 1.35. The number of hydrogen-bond donors (Lipinski definition) is 0. The molecular formula is C13H19NO4S. The van der Waals surface area contributed by atoms with Gasteiger partial charge in [-0.3, -0.25) is 14.5 Å². The fourth-order valence-electron chi connectivity index (χ4n) is 2.63. The maximum Gasteiger partial charge on any atom is 0.329 e. The normalized spacial score (nSPS) is 23.2. The summed E-state index contributed by atoms with van der Waals surface area (Å²) in [5, 5.41) is 0. The van der Waals surface area contributed by atoms with Gasteiger partial charge in [-0.05, 0) is 12.8 Å². The van der Waals surface area contributed by atoms with Crippen molar-refractivity contribution in [2.75, 3.05) is 12.9 Å². The van der Waals surface area contributed by atoms with Gasteiger partial charge in [0.25, 0.3) is 0 Å². The number of thioether (sulfide) groups is 1. The van der Waals surface area contributed by atoms with Gasteiger partial charge < -0.3 is 4.74 Å². The molecule has 0 aromatic rings. The lowest BCUT2D eigenvalue weighted by Crippen LogP contribution is -2.58. The molecule has 5 nitrogen and oxygen atoms in total. The molecule has 0 aromatic carbocycles. The summed E-state index contributed by atoms with van der Waals surface area (Å²) in [6.07, 6.45) is 4.55. The number of methoxy groups -OCH3 is 1. The van der Waals surface area contributed by atoms with Crippen LogP contribution in [-0.4, -0.2) is 46.3 Å². The summed E-state index contributed by atoms with van der Waals surface area (Å²) >= 11 is 1.67. The lowest BCUT2D eigenvalue weighted by Gasteiger charge is -2.35. The van der Waals surface area contributed by atoms with E-state index in [1.54, 1.807) is 11.8 Å². The molecule has 2 aliphatic rings. The second-order valence-corrected chi connectivity index (χ2v) is 6.95. The molecular weight excluding hydrogens is 266 g/mol. The Morgan fingerprint density at radius 3 is 2.42 bits per heavy atom. The number of likely N-dealkylation sites (tertiary alicyclic amines) is 1. The van der Waals surface area contributed by atoms with Gasteiger partial charge in [-0.2, -0.15) is 11.8 Å². The standard InChI is InChI=1S/C13H19NO4S/c1-13(5-3-4-6-13)19-8-9(12(17)18-2)14-10(15)7-11(14)16/h9H,3-8H2,1-2H3/t9-/m0/s1. The lowest BCUT2D eigenvalue weighted by molar-refractivity contribution is -0.167. The SMILES string of the molecule is COC(=O)[C@H](CSC1(C)CCCC1)N1C(=O)CC1=O. The zero-order valence-corrected chi connectivity index (χ0v) is 12.1. The van der Waals surface area contributed by atoms with Crippen molar-refractivity contribution in [1.82, 2.24) is 4.90 Å². The molecule has 0 unspecified atom stereocenters. The van der Waals surface area contributed by atoms with E-state index >= 15 is 0 Å². The first-order valence-corrected chi connectivity index (χ1v) is 7.52. The minimum absolute atomic E-state index is 0.0879. The molecule has 0 N–H and O–H groups in total. The Kier molecular flexibility index (Phi) is 4.18. The number of esters is 1. The Labute approximate surface area is 117 Å². The molecule has 1 saturated carbocycles. The number of carbonyl (C=O) groups is 3. The highest BCUT2D eigenvalue weighted by atomic mass is 32.2. The largest absolute Gasteiger partial charge is 0.467 e. The first-order valence-electron chi connectivity index (χ1n) is 6.53. The fourth-order valence-corrected chi connectivity index (χ4v) is 4.05. The molecule has 0 bridgehead atoms. The molecule has 2 fully saturated rings. The van der Waals surface area contributed by atoms with Crippen LogP contribution in [-0.2, 0) is 19.1 Å². The zero-order valence-electron chi connectivity index (χ0n) is 11.3. The zero-order chi connectivity index (χ0) is 14.0. The summed E-state index contributed by atoms with van der Waals surface area (Å²) in [7, 11) is 1.28. The Morgan fingerprint density at radius 1 is 1.37 bits per heavy atom. The average molecular weight is 285 g/mol. The molecule has 0 aromatic heterocycles. The van der Waals surface area contributed by atoms with Gasteiger partial charge in [0.05, 0.1) is 7.11 Å². The number of ether oxygens (including phenoxy) is 1. The quantitative estimate of drug-likeness (QED) is 0.433. The number of imide groups is 1. The molecule has 2 rings (SSSR count). The van der Waals surface area contributed by atoms with E-state index in [0.29, 0.717) is 5.75 Å². The summed E-state index contributed by atoms with van der Waals surface area (Å²) in [5.74, 6) is -0.633. The molecule has 0 spiro atoms. The van der Waals surface area contributed by atoms with E-state index in [4.69, 9.17) is 4.74 Å². The van der Waals surface area contributed by atoms with Crippen LogP contribution in [0.4, 0.5) is 0 Å². The summed E-state index contributed by atoms with van der Waals surface area (Å²) in [6, 6.07) is -0.763. The first kappa shape index (κ1) is 14.4. The van der Waals surface area contributed by atoms with Gasteiger partial charge in [-0.25, -0.2) is 4.79 Å². The minimum Gasteiger partial charge on any atom is -0.467 e. The molecule has 106 valence electrons. The highest BCUT2D eigenvalue weighted by Gasteiger charge is 2.44. The monoisotopic (exact) mass is 285 g/mol.